The summed E-state index contributed by atoms with van der Waals surface area (Å²) in [5.74, 6) is 0.545. The molecule has 130 valence electrons. The molecule has 3 N–H and O–H groups in total. The molecule has 1 heterocycles. The molecule has 1 atom stereocenters. The Morgan fingerprint density at radius 2 is 1.76 bits per heavy atom. The van der Waals surface area contributed by atoms with E-state index in [1.54, 1.807) is 42.5 Å². The third-order valence-corrected chi connectivity index (χ3v) is 6.32. The average molecular weight is 375 g/mol. The van der Waals surface area contributed by atoms with Crippen molar-refractivity contribution in [2.24, 2.45) is 0 Å². The summed E-state index contributed by atoms with van der Waals surface area (Å²) in [6.07, 6.45) is 0.856. The number of rotatable bonds is 5. The number of hydrogen-bond acceptors (Lipinski definition) is 4. The lowest BCUT2D eigenvalue weighted by atomic mass is 10.0. The minimum absolute atomic E-state index is 0.116. The normalized spacial score (nSPS) is 18.0. The fraction of sp³-hybridized carbons (Fsp3) is 0.176. The van der Waals surface area contributed by atoms with E-state index in [0.29, 0.717) is 28.3 Å². The quantitative estimate of drug-likeness (QED) is 0.518. The van der Waals surface area contributed by atoms with Gasteiger partial charge in [-0.1, -0.05) is 49.0 Å². The molecule has 0 saturated heterocycles. The highest BCUT2D eigenvalue weighted by Crippen LogP contribution is 2.51. The molecule has 0 aromatic heterocycles. The SMILES string of the molecule is CCCSC(=O)NP1(=O)Nc2ccc(C(=O)c3ccccc3)cc2N1. The van der Waals surface area contributed by atoms with E-state index in [-0.39, 0.29) is 11.0 Å². The first-order valence-corrected chi connectivity index (χ1v) is 10.6. The Morgan fingerprint density at radius 1 is 1.04 bits per heavy atom. The van der Waals surface area contributed by atoms with E-state index >= 15 is 0 Å². The minimum atomic E-state index is -3.30. The Labute approximate surface area is 150 Å². The van der Waals surface area contributed by atoms with Gasteiger partial charge in [-0.25, -0.2) is 0 Å². The zero-order valence-electron chi connectivity index (χ0n) is 13.6. The summed E-state index contributed by atoms with van der Waals surface area (Å²) >= 11 is 1.09. The molecule has 0 aliphatic carbocycles. The molecule has 0 radical (unpaired) electrons. The summed E-state index contributed by atoms with van der Waals surface area (Å²) in [7, 11) is -3.30. The molecular formula is C17H18N3O3PS. The maximum absolute atomic E-state index is 12.7. The van der Waals surface area contributed by atoms with Crippen LogP contribution in [-0.2, 0) is 4.57 Å². The van der Waals surface area contributed by atoms with Crippen molar-refractivity contribution in [1.82, 2.24) is 5.09 Å². The molecule has 0 saturated carbocycles. The van der Waals surface area contributed by atoms with Crippen molar-refractivity contribution in [1.29, 1.82) is 0 Å². The van der Waals surface area contributed by atoms with Gasteiger partial charge in [0.2, 0.25) is 0 Å². The van der Waals surface area contributed by atoms with E-state index in [0.717, 1.165) is 18.2 Å². The van der Waals surface area contributed by atoms with E-state index in [1.165, 1.54) is 0 Å². The van der Waals surface area contributed by atoms with Crippen LogP contribution in [0.25, 0.3) is 0 Å². The van der Waals surface area contributed by atoms with E-state index in [4.69, 9.17) is 0 Å². The molecule has 25 heavy (non-hydrogen) atoms. The van der Waals surface area contributed by atoms with Gasteiger partial charge in [0.05, 0.1) is 11.4 Å². The number of carbonyl (C=O) groups is 2. The third-order valence-electron chi connectivity index (χ3n) is 3.56. The Bertz CT molecular complexity index is 857. The fourth-order valence-corrected chi connectivity index (χ4v) is 4.93. The monoisotopic (exact) mass is 375 g/mol. The van der Waals surface area contributed by atoms with Crippen LogP contribution in [0, 0.1) is 0 Å². The Hall–Kier alpha value is -2.24. The standard InChI is InChI=1S/C17H18N3O3PS/c1-2-10-25-17(22)20-24(23)18-14-9-8-13(11-15(14)19-24)16(21)12-6-4-3-5-7-12/h3-9,11H,2,10H2,1H3,(H3,18,19,20,22,23). The largest absolute Gasteiger partial charge is 0.355 e. The lowest BCUT2D eigenvalue weighted by Crippen LogP contribution is -2.21. The van der Waals surface area contributed by atoms with Gasteiger partial charge < -0.3 is 10.2 Å². The van der Waals surface area contributed by atoms with E-state index in [9.17, 15) is 14.2 Å². The number of benzene rings is 2. The van der Waals surface area contributed by atoms with Crippen LogP contribution in [0.1, 0.15) is 29.3 Å². The summed E-state index contributed by atoms with van der Waals surface area (Å²) in [6.45, 7) is 1.97. The van der Waals surface area contributed by atoms with Gasteiger partial charge in [0, 0.05) is 16.9 Å². The maximum Gasteiger partial charge on any atom is 0.355 e. The number of nitrogens with one attached hydrogen (secondary N) is 3. The van der Waals surface area contributed by atoms with Gasteiger partial charge in [-0.2, -0.15) is 0 Å². The van der Waals surface area contributed by atoms with Crippen LogP contribution >= 0.6 is 19.4 Å². The highest BCUT2D eigenvalue weighted by Gasteiger charge is 2.32. The molecule has 1 aliphatic rings. The number of hydrogen-bond donors (Lipinski definition) is 3. The average Bonchev–Trinajstić information content (AvgIpc) is 2.94. The lowest BCUT2D eigenvalue weighted by molar-refractivity contribution is 0.103. The second-order valence-corrected chi connectivity index (χ2v) is 8.49. The zero-order chi connectivity index (χ0) is 17.9. The molecule has 0 bridgehead atoms. The number of fused-ring (bicyclic) bond motifs is 1. The van der Waals surface area contributed by atoms with Gasteiger partial charge in [-0.05, 0) is 24.6 Å². The van der Waals surface area contributed by atoms with Crippen LogP contribution in [-0.4, -0.2) is 16.8 Å². The third kappa shape index (κ3) is 4.06. The van der Waals surface area contributed by atoms with Crippen LogP contribution in [0.4, 0.5) is 16.2 Å². The minimum Gasteiger partial charge on any atom is -0.302 e. The summed E-state index contributed by atoms with van der Waals surface area (Å²) < 4.78 is 12.7. The first-order valence-electron chi connectivity index (χ1n) is 7.86. The Morgan fingerprint density at radius 3 is 2.48 bits per heavy atom. The summed E-state index contributed by atoms with van der Waals surface area (Å²) in [4.78, 5) is 24.3. The van der Waals surface area contributed by atoms with Crippen molar-refractivity contribution in [2.45, 2.75) is 13.3 Å². The maximum atomic E-state index is 12.7. The molecule has 3 rings (SSSR count). The van der Waals surface area contributed by atoms with Gasteiger partial charge in [0.25, 0.3) is 5.24 Å². The molecule has 6 nitrogen and oxygen atoms in total. The molecule has 2 aromatic carbocycles. The highest BCUT2D eigenvalue weighted by molar-refractivity contribution is 8.14. The predicted molar refractivity (Wildman–Crippen MR) is 102 cm³/mol. The molecule has 0 spiro atoms. The van der Waals surface area contributed by atoms with Crippen molar-refractivity contribution in [3.8, 4) is 0 Å². The molecule has 1 amide bonds. The van der Waals surface area contributed by atoms with Gasteiger partial charge in [-0.3, -0.25) is 19.2 Å². The van der Waals surface area contributed by atoms with Crippen LogP contribution in [0.3, 0.4) is 0 Å². The number of amides is 1. The van der Waals surface area contributed by atoms with Crippen molar-refractivity contribution in [2.75, 3.05) is 15.9 Å². The number of ketones is 1. The topological polar surface area (TPSA) is 87.3 Å². The molecule has 8 heteroatoms. The highest BCUT2D eigenvalue weighted by atomic mass is 32.2. The van der Waals surface area contributed by atoms with E-state index in [2.05, 4.69) is 15.3 Å². The smallest absolute Gasteiger partial charge is 0.302 e. The Balaban J connectivity index is 1.75. The molecular weight excluding hydrogens is 357 g/mol. The van der Waals surface area contributed by atoms with Gasteiger partial charge in [0.1, 0.15) is 0 Å². The van der Waals surface area contributed by atoms with Gasteiger partial charge in [-0.15, -0.1) is 0 Å². The first-order chi connectivity index (χ1) is 12.0. The fourth-order valence-electron chi connectivity index (χ4n) is 2.41. The van der Waals surface area contributed by atoms with E-state index < -0.39 is 7.59 Å². The first kappa shape index (κ1) is 17.6. The summed E-state index contributed by atoms with van der Waals surface area (Å²) in [6, 6.07) is 13.9. The van der Waals surface area contributed by atoms with Crippen molar-refractivity contribution < 1.29 is 14.2 Å². The van der Waals surface area contributed by atoms with Crippen LogP contribution in [0.5, 0.6) is 0 Å². The van der Waals surface area contributed by atoms with E-state index in [1.807, 2.05) is 13.0 Å². The van der Waals surface area contributed by atoms with Crippen LogP contribution in [0.2, 0.25) is 0 Å². The van der Waals surface area contributed by atoms with Crippen molar-refractivity contribution in [3.05, 3.63) is 59.7 Å². The summed E-state index contributed by atoms with van der Waals surface area (Å²) in [5, 5.41) is 7.77. The predicted octanol–water partition coefficient (Wildman–Crippen LogP) is 4.72. The van der Waals surface area contributed by atoms with Gasteiger partial charge in [0.15, 0.2) is 5.78 Å². The van der Waals surface area contributed by atoms with Crippen molar-refractivity contribution in [3.63, 3.8) is 0 Å². The second kappa shape index (κ2) is 7.33. The van der Waals surface area contributed by atoms with Crippen LogP contribution in [0.15, 0.2) is 48.5 Å². The van der Waals surface area contributed by atoms with Gasteiger partial charge >= 0.3 is 7.59 Å². The molecule has 2 aromatic rings. The molecule has 0 fully saturated rings. The number of carbonyl (C=O) groups excluding carboxylic acids is 2. The summed E-state index contributed by atoms with van der Waals surface area (Å²) in [5.41, 5.74) is 2.19. The second-order valence-electron chi connectivity index (χ2n) is 5.54. The van der Waals surface area contributed by atoms with Crippen molar-refractivity contribution >= 4 is 41.8 Å². The Kier molecular flexibility index (Phi) is 5.16. The van der Waals surface area contributed by atoms with Crippen LogP contribution < -0.4 is 15.3 Å². The molecule has 1 aliphatic heterocycles. The lowest BCUT2D eigenvalue weighted by Gasteiger charge is -2.13. The molecule has 1 unspecified atom stereocenters. The number of thioether (sulfide) groups is 1. The number of anilines is 2. The zero-order valence-corrected chi connectivity index (χ0v) is 15.3.